The van der Waals surface area contributed by atoms with Crippen molar-refractivity contribution < 1.29 is 37.9 Å². The second-order valence-corrected chi connectivity index (χ2v) is 9.67. The minimum absolute atomic E-state index is 0.130. The van der Waals surface area contributed by atoms with Gasteiger partial charge < -0.3 is 19.3 Å². The van der Waals surface area contributed by atoms with Crippen LogP contribution in [0.3, 0.4) is 0 Å². The Hall–Kier alpha value is -4.03. The fraction of sp³-hybridized carbons (Fsp3) is 0.500. The van der Waals surface area contributed by atoms with Crippen molar-refractivity contribution in [3.05, 3.63) is 0 Å². The zero-order valence-electron chi connectivity index (χ0n) is 23.3. The number of rotatable bonds is 18. The van der Waals surface area contributed by atoms with Crippen molar-refractivity contribution in [1.29, 1.82) is 0 Å². The second kappa shape index (κ2) is 26.2. The molecule has 0 aliphatic rings. The summed E-state index contributed by atoms with van der Waals surface area (Å²) in [5, 5.41) is 0. The van der Waals surface area contributed by atoms with E-state index in [2.05, 4.69) is 88.4 Å². The number of carbonyl (C=O) groups excluding carboxylic acids is 2. The molecule has 0 aliphatic carbocycles. The molecule has 9 heteroatoms. The average Bonchev–Trinajstić information content (AvgIpc) is 2.93. The molecule has 0 aromatic rings. The van der Waals surface area contributed by atoms with Crippen LogP contribution in [-0.4, -0.2) is 41.0 Å². The topological polar surface area (TPSA) is 119 Å². The van der Waals surface area contributed by atoms with Gasteiger partial charge in [0.25, 0.3) is 0 Å². The smallest absolute Gasteiger partial charge is 0.456 e. The van der Waals surface area contributed by atoms with Gasteiger partial charge in [0.05, 0.1) is 6.61 Å². The number of phosphoric acid groups is 1. The molecular formula is C32H35O8P. The van der Waals surface area contributed by atoms with Gasteiger partial charge in [0.1, 0.15) is 6.61 Å². The molecule has 0 saturated heterocycles. The third-order valence-corrected chi connectivity index (χ3v) is 5.46. The lowest BCUT2D eigenvalue weighted by molar-refractivity contribution is -0.158. The van der Waals surface area contributed by atoms with Gasteiger partial charge in [-0.15, -0.1) is 6.42 Å². The Morgan fingerprint density at radius 1 is 0.707 bits per heavy atom. The van der Waals surface area contributed by atoms with E-state index in [0.717, 1.165) is 19.3 Å². The molecule has 0 rings (SSSR count). The highest BCUT2D eigenvalue weighted by Gasteiger charge is 2.22. The largest absolute Gasteiger partial charge is 0.469 e. The highest BCUT2D eigenvalue weighted by molar-refractivity contribution is 7.46. The minimum Gasteiger partial charge on any atom is -0.456 e. The summed E-state index contributed by atoms with van der Waals surface area (Å²) in [5.41, 5.74) is 0. The van der Waals surface area contributed by atoms with Gasteiger partial charge >= 0.3 is 19.8 Å². The molecule has 1 atom stereocenters. The van der Waals surface area contributed by atoms with E-state index < -0.39 is 39.1 Å². The number of ether oxygens (including phenoxy) is 2. The van der Waals surface area contributed by atoms with Gasteiger partial charge in [-0.1, -0.05) is 71.1 Å². The number of carbonyl (C=O) groups is 2. The Bertz CT molecular complexity index is 1280. The van der Waals surface area contributed by atoms with Crippen molar-refractivity contribution in [3.8, 4) is 83.4 Å². The average molecular weight is 579 g/mol. The number of terminal acetylenes is 1. The Balaban J connectivity index is 4.49. The number of unbranched alkanes of at least 4 members (excludes halogenated alkanes) is 10. The van der Waals surface area contributed by atoms with E-state index in [4.69, 9.17) is 25.7 Å². The van der Waals surface area contributed by atoms with E-state index >= 15 is 0 Å². The van der Waals surface area contributed by atoms with Crippen LogP contribution in [0.15, 0.2) is 0 Å². The van der Waals surface area contributed by atoms with Gasteiger partial charge in [-0.3, -0.25) is 9.32 Å². The molecule has 41 heavy (non-hydrogen) atoms. The zero-order valence-corrected chi connectivity index (χ0v) is 24.2. The summed E-state index contributed by atoms with van der Waals surface area (Å²) >= 11 is 0. The first-order chi connectivity index (χ1) is 19.8. The Morgan fingerprint density at radius 2 is 1.17 bits per heavy atom. The summed E-state index contributed by atoms with van der Waals surface area (Å²) in [4.78, 5) is 41.9. The molecule has 2 N–H and O–H groups in total. The number of phosphoric ester groups is 1. The van der Waals surface area contributed by atoms with Gasteiger partial charge in [0.15, 0.2) is 6.10 Å². The van der Waals surface area contributed by atoms with E-state index in [9.17, 15) is 14.2 Å². The maximum Gasteiger partial charge on any atom is 0.469 e. The summed E-state index contributed by atoms with van der Waals surface area (Å²) < 4.78 is 25.5. The zero-order chi connectivity index (χ0) is 30.4. The summed E-state index contributed by atoms with van der Waals surface area (Å²) in [6.45, 7) is 1.03. The van der Waals surface area contributed by atoms with Crippen molar-refractivity contribution in [2.45, 2.75) is 90.1 Å². The normalized spacial score (nSPS) is 9.80. The van der Waals surface area contributed by atoms with Crippen molar-refractivity contribution in [3.63, 3.8) is 0 Å². The summed E-state index contributed by atoms with van der Waals surface area (Å²) in [6.07, 6.45) is 16.3. The van der Waals surface area contributed by atoms with E-state index in [-0.39, 0.29) is 6.42 Å². The third-order valence-electron chi connectivity index (χ3n) is 4.97. The molecule has 0 aliphatic heterocycles. The van der Waals surface area contributed by atoms with Gasteiger partial charge in [-0.05, 0) is 77.5 Å². The van der Waals surface area contributed by atoms with Crippen LogP contribution in [0.1, 0.15) is 84.0 Å². The second-order valence-electron chi connectivity index (χ2n) is 8.43. The summed E-state index contributed by atoms with van der Waals surface area (Å²) in [5.74, 6) is 28.6. The van der Waals surface area contributed by atoms with Crippen molar-refractivity contribution >= 4 is 19.8 Å². The predicted octanol–water partition coefficient (Wildman–Crippen LogP) is 3.91. The van der Waals surface area contributed by atoms with Crippen LogP contribution < -0.4 is 0 Å². The highest BCUT2D eigenvalue weighted by atomic mass is 31.2. The van der Waals surface area contributed by atoms with Crippen molar-refractivity contribution in [2.24, 2.45) is 0 Å². The third kappa shape index (κ3) is 28.8. The fourth-order valence-corrected chi connectivity index (χ4v) is 3.44. The number of hydrogen-bond acceptors (Lipinski definition) is 6. The van der Waals surface area contributed by atoms with Gasteiger partial charge in [-0.2, -0.15) is 0 Å². The number of esters is 2. The van der Waals surface area contributed by atoms with Crippen molar-refractivity contribution in [2.75, 3.05) is 13.2 Å². The maximum absolute atomic E-state index is 12.2. The molecule has 0 heterocycles. The number of hydrogen-bond donors (Lipinski definition) is 2. The van der Waals surface area contributed by atoms with E-state index in [1.165, 1.54) is 44.9 Å². The van der Waals surface area contributed by atoms with Crippen LogP contribution in [0.25, 0.3) is 0 Å². The molecule has 0 saturated carbocycles. The molecule has 0 radical (unpaired) electrons. The van der Waals surface area contributed by atoms with Crippen LogP contribution in [0.4, 0.5) is 0 Å². The van der Waals surface area contributed by atoms with Crippen LogP contribution in [-0.2, 0) is 28.2 Å². The molecule has 0 spiro atoms. The van der Waals surface area contributed by atoms with Gasteiger partial charge in [0, 0.05) is 12.3 Å². The minimum atomic E-state index is -4.82. The van der Waals surface area contributed by atoms with Crippen LogP contribution >= 0.6 is 7.82 Å². The van der Waals surface area contributed by atoms with E-state index in [1.54, 1.807) is 0 Å². The molecular weight excluding hydrogens is 543 g/mol. The van der Waals surface area contributed by atoms with Crippen LogP contribution in [0, 0.1) is 83.4 Å². The Morgan fingerprint density at radius 3 is 1.66 bits per heavy atom. The molecule has 0 aromatic carbocycles. The maximum atomic E-state index is 12.2. The standard InChI is InChI=1S/C32H35O8P/c1-3-5-7-9-11-13-15-17-18-20-22-24-26-31(33)38-28-30(29-39-41(35,36)37)40-32(34)27-25-23-21-19-16-14-12-10-8-6-4-2/h1,30H,4,6,8,10,12,14,16,19,21,23,25,27-29H2,2H3,(H2,35,36,37)/t30-/m0/s1. The van der Waals surface area contributed by atoms with Gasteiger partial charge in [-0.25, -0.2) is 9.36 Å². The first-order valence-corrected chi connectivity index (χ1v) is 14.8. The monoisotopic (exact) mass is 578 g/mol. The summed E-state index contributed by atoms with van der Waals surface area (Å²) in [7, 11) is -4.82. The Kier molecular flexibility index (Phi) is 23.6. The van der Waals surface area contributed by atoms with Gasteiger partial charge in [0.2, 0.25) is 0 Å². The molecule has 0 amide bonds. The molecule has 0 aromatic heterocycles. The SMILES string of the molecule is C#CC#CC#CC#CC#CC#CC#CC(=O)OC[C@@H](COP(=O)(O)O)OC(=O)CCCCCCCCCCCCC. The lowest BCUT2D eigenvalue weighted by Crippen LogP contribution is -2.29. The first-order valence-electron chi connectivity index (χ1n) is 13.3. The van der Waals surface area contributed by atoms with Crippen molar-refractivity contribution in [1.82, 2.24) is 0 Å². The van der Waals surface area contributed by atoms with Crippen LogP contribution in [0.2, 0.25) is 0 Å². The first kappa shape index (κ1) is 37.0. The fourth-order valence-electron chi connectivity index (χ4n) is 3.08. The molecule has 8 nitrogen and oxygen atoms in total. The van der Waals surface area contributed by atoms with E-state index in [0.29, 0.717) is 6.42 Å². The summed E-state index contributed by atoms with van der Waals surface area (Å²) in [6, 6.07) is 0. The highest BCUT2D eigenvalue weighted by Crippen LogP contribution is 2.35. The lowest BCUT2D eigenvalue weighted by atomic mass is 10.1. The molecule has 0 fully saturated rings. The Labute approximate surface area is 244 Å². The van der Waals surface area contributed by atoms with Crippen LogP contribution in [0.5, 0.6) is 0 Å². The lowest BCUT2D eigenvalue weighted by Gasteiger charge is -2.17. The quantitative estimate of drug-likeness (QED) is 0.0827. The van der Waals surface area contributed by atoms with E-state index in [1.807, 2.05) is 0 Å². The molecule has 0 bridgehead atoms. The predicted molar refractivity (Wildman–Crippen MR) is 155 cm³/mol. The molecule has 216 valence electrons. The molecule has 0 unspecified atom stereocenters.